The summed E-state index contributed by atoms with van der Waals surface area (Å²) in [4.78, 5) is 5.43. The molecule has 0 N–H and O–H groups in total. The molecule has 0 aliphatic carbocycles. The minimum Gasteiger partial charge on any atom is -0.309 e. The summed E-state index contributed by atoms with van der Waals surface area (Å²) in [6, 6.07) is 63.5. The van der Waals surface area contributed by atoms with Gasteiger partial charge in [0.2, 0.25) is 0 Å². The number of fused-ring (bicyclic) bond motifs is 2. The summed E-state index contributed by atoms with van der Waals surface area (Å²) in [5, 5.41) is 11.2. The Balaban J connectivity index is 1.63. The van der Waals surface area contributed by atoms with E-state index in [9.17, 15) is 0 Å². The van der Waals surface area contributed by atoms with Crippen molar-refractivity contribution in [2.75, 3.05) is 9.80 Å². The first kappa shape index (κ1) is 56.0. The van der Waals surface area contributed by atoms with Crippen LogP contribution in [-0.2, 0) is 21.7 Å². The van der Waals surface area contributed by atoms with E-state index in [0.717, 1.165) is 10.2 Å². The zero-order valence-electron chi connectivity index (χ0n) is 49.4. The van der Waals surface area contributed by atoms with Crippen LogP contribution in [-0.4, -0.2) is 37.4 Å². The Kier molecular flexibility index (Phi) is 16.4. The second-order valence-electron chi connectivity index (χ2n) is 26.1. The Morgan fingerprint density at radius 2 is 0.960 bits per heavy atom. The molecule has 0 aliphatic heterocycles. The Morgan fingerprint density at radius 1 is 0.427 bits per heavy atom. The monoisotopic (exact) mass is 1060 g/mol. The number of hydrogen-bond donors (Lipinski definition) is 0. The predicted molar refractivity (Wildman–Crippen MR) is 350 cm³/mol. The highest BCUT2D eigenvalue weighted by atomic mass is 28.3. The molecule has 1 atom stereocenters. The summed E-state index contributed by atoms with van der Waals surface area (Å²) in [5.41, 5.74) is 15.3. The fraction of sp³-hybridized carbons (Fsp3) is 0.362. The number of anilines is 6. The highest BCUT2D eigenvalue weighted by Crippen LogP contribution is 2.53. The number of rotatable bonds is 14. The number of benzene rings is 8. The van der Waals surface area contributed by atoms with Gasteiger partial charge in [0, 0.05) is 54.5 Å². The molecule has 2 nitrogen and oxygen atoms in total. The average Bonchev–Trinajstić information content (AvgIpc) is 3.36. The van der Waals surface area contributed by atoms with Crippen molar-refractivity contribution >= 4 is 114 Å². The van der Waals surface area contributed by atoms with Crippen LogP contribution in [0.1, 0.15) is 133 Å². The van der Waals surface area contributed by atoms with Gasteiger partial charge in [-0.05, 0) is 110 Å². The third-order valence-corrected chi connectivity index (χ3v) is 24.1. The van der Waals surface area contributed by atoms with Gasteiger partial charge < -0.3 is 9.80 Å². The molecule has 0 aromatic heterocycles. The van der Waals surface area contributed by atoms with Crippen LogP contribution in [0.25, 0.3) is 32.7 Å². The van der Waals surface area contributed by atoms with Gasteiger partial charge >= 0.3 is 0 Å². The molecule has 0 saturated carbocycles. The third kappa shape index (κ3) is 11.9. The molecule has 0 aliphatic rings. The SMILES string of the molecule is CC[SiH2]c1cc([SiH3])cc(N(c2cc(C(C)(C)C)cc(C(C)(C)C)c2)c2c3ccccc3c(N(c3cc([SiH](C)CC)cc([SiH](CC)CC)c3)c3ccc(C(C)(C)C)c(C(C)(C)C)c3)c3cc(-c4ccccc4)ccc23)c1. The van der Waals surface area contributed by atoms with Crippen LogP contribution in [0.2, 0.25) is 30.7 Å². The lowest BCUT2D eigenvalue weighted by Crippen LogP contribution is -2.36. The van der Waals surface area contributed by atoms with Crippen molar-refractivity contribution in [2.45, 2.75) is 163 Å². The fourth-order valence-electron chi connectivity index (χ4n) is 11.5. The summed E-state index contributed by atoms with van der Waals surface area (Å²) in [6.45, 7) is 40.8. The van der Waals surface area contributed by atoms with Crippen molar-refractivity contribution in [1.29, 1.82) is 0 Å². The summed E-state index contributed by atoms with van der Waals surface area (Å²) in [6.07, 6.45) is 0. The third-order valence-electron chi connectivity index (χ3n) is 16.1. The van der Waals surface area contributed by atoms with Gasteiger partial charge in [-0.1, -0.05) is 253 Å². The van der Waals surface area contributed by atoms with Crippen LogP contribution in [0, 0.1) is 0 Å². The van der Waals surface area contributed by atoms with Crippen LogP contribution in [0.15, 0.2) is 146 Å². The summed E-state index contributed by atoms with van der Waals surface area (Å²) in [5.74, 6) is 0. The molecule has 0 radical (unpaired) electrons. The Bertz CT molecular complexity index is 3290. The number of hydrogen-bond acceptors (Lipinski definition) is 2. The van der Waals surface area contributed by atoms with Crippen molar-refractivity contribution in [3.05, 3.63) is 168 Å². The maximum Gasteiger partial charge on any atom is 0.0703 e. The summed E-state index contributed by atoms with van der Waals surface area (Å²) < 4.78 is 0. The van der Waals surface area contributed by atoms with Crippen molar-refractivity contribution < 1.29 is 0 Å². The fourth-order valence-corrected chi connectivity index (χ4v) is 17.9. The molecular weight excluding hydrogens is 969 g/mol. The minimum absolute atomic E-state index is 0.0215. The second-order valence-corrected chi connectivity index (χ2v) is 36.6. The van der Waals surface area contributed by atoms with Gasteiger partial charge in [0.05, 0.1) is 38.5 Å². The molecule has 0 spiro atoms. The van der Waals surface area contributed by atoms with Gasteiger partial charge in [-0.15, -0.1) is 0 Å². The standard InChI is InChI=1S/C69H90N2Si4/c1-18-73-55-40-52(39-54(72)44-55)71(51-37-48(66(5,6)7)36-49(38-51)67(8,9)10)64-58-29-25-26-30-59(58)65(61-35-47(31-33-60(61)64)46-27-23-22-24-28-46)70(50-32-34-62(68(11,12)13)63(43-50)69(14,15)16)53-41-56(74(17)19-2)45-57(42-53)75(20-3)21-4/h22-45,74-75H,18-21,73H2,1-17,72H3. The van der Waals surface area contributed by atoms with E-state index in [1.165, 1.54) is 118 Å². The summed E-state index contributed by atoms with van der Waals surface area (Å²) in [7, 11) is -1.96. The molecule has 8 aromatic carbocycles. The lowest BCUT2D eigenvalue weighted by atomic mass is 9.75. The van der Waals surface area contributed by atoms with Crippen molar-refractivity contribution in [3.8, 4) is 11.1 Å². The first-order valence-electron chi connectivity index (χ1n) is 28.6. The van der Waals surface area contributed by atoms with E-state index in [2.05, 4.69) is 273 Å². The van der Waals surface area contributed by atoms with Gasteiger partial charge in [-0.2, -0.15) is 0 Å². The van der Waals surface area contributed by atoms with E-state index < -0.39 is 27.1 Å². The number of nitrogens with zero attached hydrogens (tertiary/aromatic N) is 2. The van der Waals surface area contributed by atoms with Gasteiger partial charge in [0.25, 0.3) is 0 Å². The smallest absolute Gasteiger partial charge is 0.0703 e. The van der Waals surface area contributed by atoms with Crippen LogP contribution in [0.3, 0.4) is 0 Å². The van der Waals surface area contributed by atoms with E-state index in [-0.39, 0.29) is 21.7 Å². The highest BCUT2D eigenvalue weighted by Gasteiger charge is 2.32. The quantitative estimate of drug-likeness (QED) is 0.0608. The van der Waals surface area contributed by atoms with Gasteiger partial charge in [0.15, 0.2) is 0 Å². The van der Waals surface area contributed by atoms with Crippen molar-refractivity contribution in [1.82, 2.24) is 0 Å². The molecule has 1 unspecified atom stereocenters. The molecule has 0 fully saturated rings. The van der Waals surface area contributed by atoms with Crippen LogP contribution >= 0.6 is 0 Å². The first-order valence-corrected chi connectivity index (χ1v) is 36.0. The molecule has 392 valence electrons. The minimum atomic E-state index is -1.25. The molecule has 6 heteroatoms. The molecule has 0 bridgehead atoms. The largest absolute Gasteiger partial charge is 0.309 e. The van der Waals surface area contributed by atoms with E-state index in [0.29, 0.717) is 0 Å². The molecular formula is C69H90N2Si4. The van der Waals surface area contributed by atoms with E-state index >= 15 is 0 Å². The van der Waals surface area contributed by atoms with Crippen LogP contribution < -0.4 is 30.5 Å². The first-order chi connectivity index (χ1) is 35.4. The Hall–Kier alpha value is -5.25. The van der Waals surface area contributed by atoms with Gasteiger partial charge in [-0.3, -0.25) is 0 Å². The predicted octanol–water partition coefficient (Wildman–Crippen LogP) is 15.6. The maximum absolute atomic E-state index is 2.73. The highest BCUT2D eigenvalue weighted by molar-refractivity contribution is 6.76. The topological polar surface area (TPSA) is 6.48 Å². The second kappa shape index (κ2) is 22.0. The zero-order valence-corrected chi connectivity index (χ0v) is 55.2. The van der Waals surface area contributed by atoms with E-state index in [4.69, 9.17) is 0 Å². The molecule has 0 amide bonds. The van der Waals surface area contributed by atoms with E-state index in [1.807, 2.05) is 0 Å². The van der Waals surface area contributed by atoms with Crippen molar-refractivity contribution in [3.63, 3.8) is 0 Å². The summed E-state index contributed by atoms with van der Waals surface area (Å²) >= 11 is 0. The Labute approximate surface area is 462 Å². The Morgan fingerprint density at radius 3 is 1.52 bits per heavy atom. The van der Waals surface area contributed by atoms with Gasteiger partial charge in [0.1, 0.15) is 0 Å². The molecule has 0 saturated heterocycles. The normalized spacial score (nSPS) is 13.2. The lowest BCUT2D eigenvalue weighted by molar-refractivity contribution is 0.530. The molecule has 8 rings (SSSR count). The van der Waals surface area contributed by atoms with Crippen LogP contribution in [0.4, 0.5) is 34.1 Å². The molecule has 0 heterocycles. The molecule has 75 heavy (non-hydrogen) atoms. The lowest BCUT2D eigenvalue weighted by Gasteiger charge is -2.36. The molecule has 8 aromatic rings. The van der Waals surface area contributed by atoms with Crippen LogP contribution in [0.5, 0.6) is 0 Å². The average molecular weight is 1060 g/mol. The van der Waals surface area contributed by atoms with Crippen molar-refractivity contribution in [2.24, 2.45) is 0 Å². The van der Waals surface area contributed by atoms with Gasteiger partial charge in [-0.25, -0.2) is 0 Å². The van der Waals surface area contributed by atoms with E-state index in [1.54, 1.807) is 15.6 Å². The maximum atomic E-state index is 2.73. The zero-order chi connectivity index (χ0) is 54.4.